The zero-order valence-corrected chi connectivity index (χ0v) is 45.1. The van der Waals surface area contributed by atoms with Crippen LogP contribution >= 0.6 is 17.0 Å². The molecule has 11 rings (SSSR count). The summed E-state index contributed by atoms with van der Waals surface area (Å²) < 4.78 is 1.04. The van der Waals surface area contributed by atoms with Gasteiger partial charge in [0.2, 0.25) is 0 Å². The first-order valence-electron chi connectivity index (χ1n) is 25.0. The molecule has 0 radical (unpaired) electrons. The molecule has 1 heterocycles. The molecule has 2 unspecified atom stereocenters. The molecular weight excluding hydrogens is 959 g/mol. The summed E-state index contributed by atoms with van der Waals surface area (Å²) in [7, 11) is 18.3. The Kier molecular flexibility index (Phi) is 12.2. The first-order chi connectivity index (χ1) is 33.2. The predicted molar refractivity (Wildman–Crippen MR) is 296 cm³/mol. The van der Waals surface area contributed by atoms with Gasteiger partial charge < -0.3 is 0 Å². The van der Waals surface area contributed by atoms with Gasteiger partial charge in [-0.25, -0.2) is 0 Å². The number of halogens is 2. The van der Waals surface area contributed by atoms with Crippen LogP contribution in [0.15, 0.2) is 187 Å². The van der Waals surface area contributed by atoms with Crippen molar-refractivity contribution in [1.82, 2.24) is 0 Å². The van der Waals surface area contributed by atoms with Crippen molar-refractivity contribution in [3.63, 3.8) is 0 Å². The fraction of sp³-hybridized carbons (Fsp3) is 0.188. The average molecular weight is 1020 g/mol. The molecule has 0 spiro atoms. The standard InChI is InChI=1S/2C26H25.C12H9Si.2ClH.Zr/c2*1-3-4-10-20-17-22-16-15-19(2)26(25(22)18-20)24-14-9-8-13-23(24)21-11-6-5-7-12-21;1-3-7-11-9(5-1)10-6-2-4-8-12(10)13-11;;;/h2*5-9,11-18H,3-4,10H2,1-2H3;1-7H,13H2;2*1H;/q;;;;;+2/p-2. The van der Waals surface area contributed by atoms with E-state index in [4.69, 9.17) is 0 Å². The third kappa shape index (κ3) is 7.40. The second kappa shape index (κ2) is 18.3. The van der Waals surface area contributed by atoms with E-state index in [1.165, 1.54) is 114 Å². The number of unbranched alkanes of at least 4 members (excludes halogenated alkanes) is 2. The van der Waals surface area contributed by atoms with Crippen LogP contribution in [0, 0.1) is 13.8 Å². The molecule has 1 aliphatic heterocycles. The summed E-state index contributed by atoms with van der Waals surface area (Å²) in [5, 5.41) is 2.97. The van der Waals surface area contributed by atoms with Gasteiger partial charge in [-0.3, -0.25) is 0 Å². The van der Waals surface area contributed by atoms with E-state index in [9.17, 15) is 17.0 Å². The molecule has 0 saturated heterocycles. The van der Waals surface area contributed by atoms with Gasteiger partial charge in [0, 0.05) is 0 Å². The van der Waals surface area contributed by atoms with E-state index in [0.29, 0.717) is 0 Å². The molecule has 2 aliphatic carbocycles. The summed E-state index contributed by atoms with van der Waals surface area (Å²) in [6.07, 6.45) is 11.4. The van der Waals surface area contributed by atoms with Gasteiger partial charge in [-0.05, 0) is 0 Å². The van der Waals surface area contributed by atoms with Crippen LogP contribution in [0.5, 0.6) is 0 Å². The second-order valence-corrected chi connectivity index (χ2v) is 42.1. The summed E-state index contributed by atoms with van der Waals surface area (Å²) in [6, 6.07) is 65.6. The Morgan fingerprint density at radius 3 is 1.35 bits per heavy atom. The normalized spacial score (nSPS) is 16.6. The molecule has 8 aromatic rings. The van der Waals surface area contributed by atoms with E-state index in [0.717, 1.165) is 38.5 Å². The van der Waals surface area contributed by atoms with Crippen molar-refractivity contribution in [2.75, 3.05) is 0 Å². The molecule has 3 aliphatic rings. The number of hydrogen-bond acceptors (Lipinski definition) is 0. The number of rotatable bonds is 13. The molecule has 0 bridgehead atoms. The Balaban J connectivity index is 1.22. The van der Waals surface area contributed by atoms with Crippen LogP contribution in [0.4, 0.5) is 0 Å². The van der Waals surface area contributed by atoms with Gasteiger partial charge in [0.25, 0.3) is 0 Å². The molecular formula is C64H59Cl2SiZr. The predicted octanol–water partition coefficient (Wildman–Crippen LogP) is 16.4. The summed E-state index contributed by atoms with van der Waals surface area (Å²) in [5.74, 6) is 0. The van der Waals surface area contributed by atoms with E-state index >= 15 is 0 Å². The second-order valence-electron chi connectivity index (χ2n) is 19.7. The summed E-state index contributed by atoms with van der Waals surface area (Å²) in [5.41, 5.74) is 23.4. The van der Waals surface area contributed by atoms with Crippen LogP contribution in [0.1, 0.15) is 93.0 Å². The van der Waals surface area contributed by atoms with E-state index in [1.807, 2.05) is 0 Å². The summed E-state index contributed by atoms with van der Waals surface area (Å²) in [6.45, 7) is 9.22. The maximum absolute atomic E-state index is 9.61. The molecule has 4 heteroatoms. The number of hydrogen-bond donors (Lipinski definition) is 0. The van der Waals surface area contributed by atoms with Crippen LogP contribution in [0.2, 0.25) is 0 Å². The van der Waals surface area contributed by atoms with E-state index in [-0.39, 0.29) is 7.25 Å². The van der Waals surface area contributed by atoms with Crippen molar-refractivity contribution in [3.05, 3.63) is 220 Å². The zero-order chi connectivity index (χ0) is 46.6. The molecule has 0 amide bonds. The minimum absolute atomic E-state index is 0.129. The van der Waals surface area contributed by atoms with Gasteiger partial charge in [0.1, 0.15) is 0 Å². The van der Waals surface area contributed by atoms with Crippen molar-refractivity contribution in [2.24, 2.45) is 0 Å². The van der Waals surface area contributed by atoms with Crippen molar-refractivity contribution in [2.45, 2.75) is 73.5 Å². The Morgan fingerprint density at radius 1 is 0.441 bits per heavy atom. The molecule has 68 heavy (non-hydrogen) atoms. The Morgan fingerprint density at radius 2 is 0.868 bits per heavy atom. The molecule has 0 N–H and O–H groups in total. The van der Waals surface area contributed by atoms with Gasteiger partial charge in [0.05, 0.1) is 0 Å². The van der Waals surface area contributed by atoms with Gasteiger partial charge in [0.15, 0.2) is 0 Å². The molecule has 0 aromatic heterocycles. The summed E-state index contributed by atoms with van der Waals surface area (Å²) >= 11 is -5.80. The van der Waals surface area contributed by atoms with Gasteiger partial charge in [-0.1, -0.05) is 0 Å². The fourth-order valence-electron chi connectivity index (χ4n) is 12.6. The molecule has 2 atom stereocenters. The molecule has 337 valence electrons. The van der Waals surface area contributed by atoms with Gasteiger partial charge in [-0.2, -0.15) is 0 Å². The van der Waals surface area contributed by atoms with E-state index in [1.54, 1.807) is 0 Å². The molecule has 0 nitrogen and oxygen atoms in total. The Hall–Kier alpha value is -5.08. The molecule has 0 fully saturated rings. The Bertz CT molecular complexity index is 3140. The molecule has 8 aromatic carbocycles. The SMILES string of the molecule is CCCCC1=Cc2c(ccc(C)c2-c2ccccc2-c2ccccc2)[CH]1[Zr]([Cl])([Cl])([c]1cccc2c1[SiH2]c1ccccc1-2)[CH]1C(CCCC)=Cc2c1ccc(C)c2-c1ccccc1-c1ccccc1. The molecule has 0 saturated carbocycles. The monoisotopic (exact) mass is 1020 g/mol. The van der Waals surface area contributed by atoms with E-state index in [2.05, 4.69) is 216 Å². The minimum atomic E-state index is -5.80. The number of aryl methyl sites for hydroxylation is 2. The van der Waals surface area contributed by atoms with Crippen LogP contribution < -0.4 is 13.6 Å². The average Bonchev–Trinajstić information content (AvgIpc) is 4.08. The van der Waals surface area contributed by atoms with Crippen molar-refractivity contribution < 1.29 is 16.4 Å². The van der Waals surface area contributed by atoms with Gasteiger partial charge >= 0.3 is 418 Å². The van der Waals surface area contributed by atoms with Crippen LogP contribution in [-0.4, -0.2) is 9.52 Å². The first kappa shape index (κ1) is 45.4. The van der Waals surface area contributed by atoms with Crippen molar-refractivity contribution >= 4 is 52.3 Å². The third-order valence-electron chi connectivity index (χ3n) is 15.6. The summed E-state index contributed by atoms with van der Waals surface area (Å²) in [4.78, 5) is 0. The zero-order valence-electron chi connectivity index (χ0n) is 39.8. The number of fused-ring (bicyclic) bond motifs is 5. The van der Waals surface area contributed by atoms with E-state index < -0.39 is 25.9 Å². The van der Waals surface area contributed by atoms with Crippen molar-refractivity contribution in [1.29, 1.82) is 0 Å². The van der Waals surface area contributed by atoms with Crippen LogP contribution in [0.25, 0.3) is 67.8 Å². The van der Waals surface area contributed by atoms with Crippen molar-refractivity contribution in [3.8, 4) is 55.6 Å². The quantitative estimate of drug-likeness (QED) is 0.101. The topological polar surface area (TPSA) is 0 Å². The van der Waals surface area contributed by atoms with Gasteiger partial charge in [-0.15, -0.1) is 0 Å². The van der Waals surface area contributed by atoms with Crippen LogP contribution in [0.3, 0.4) is 0 Å². The third-order valence-corrected chi connectivity index (χ3v) is 38.4. The number of allylic oxidation sites excluding steroid dienone is 2. The Labute approximate surface area is 414 Å². The van der Waals surface area contributed by atoms with Crippen LogP contribution in [-0.2, 0) is 16.4 Å². The first-order valence-corrected chi connectivity index (χ1v) is 36.8. The number of benzene rings is 8. The fourth-order valence-corrected chi connectivity index (χ4v) is 40.6. The maximum atomic E-state index is 9.61.